The molecule has 4 N–H and O–H groups in total. The van der Waals surface area contributed by atoms with E-state index in [4.69, 9.17) is 11.5 Å². The first kappa shape index (κ1) is 6.92. The van der Waals surface area contributed by atoms with Gasteiger partial charge in [-0.15, -0.1) is 0 Å². The monoisotopic (exact) mass is 102 g/mol. The van der Waals surface area contributed by atoms with Gasteiger partial charge >= 0.3 is 0 Å². The molecule has 0 aromatic carbocycles. The normalized spacial score (nSPS) is 15.4. The molecule has 2 nitrogen and oxygen atoms in total. The Morgan fingerprint density at radius 1 is 1.14 bits per heavy atom. The summed E-state index contributed by atoms with van der Waals surface area (Å²) in [5, 5.41) is 0. The largest absolute Gasteiger partial charge is 0.316 e. The molecular formula is C5H14N2. The molecule has 1 saturated carbocycles. The second-order valence-electron chi connectivity index (χ2n) is 1.92. The topological polar surface area (TPSA) is 52.0 Å². The third-order valence-corrected chi connectivity index (χ3v) is 0.354. The Morgan fingerprint density at radius 3 is 1.29 bits per heavy atom. The highest BCUT2D eigenvalue weighted by atomic mass is 14.8. The van der Waals surface area contributed by atoms with Crippen molar-refractivity contribution in [2.24, 2.45) is 11.5 Å². The fraction of sp³-hybridized carbons (Fsp3) is 1.00. The van der Waals surface area contributed by atoms with Gasteiger partial charge in [-0.1, -0.05) is 19.3 Å². The lowest BCUT2D eigenvalue weighted by Gasteiger charge is -1.83. The molecule has 44 valence electrons. The van der Waals surface area contributed by atoms with E-state index < -0.39 is 0 Å². The van der Waals surface area contributed by atoms with Gasteiger partial charge in [-0.2, -0.15) is 0 Å². The van der Waals surface area contributed by atoms with Crippen LogP contribution in [-0.2, 0) is 0 Å². The molecule has 0 aromatic rings. The fourth-order valence-electron chi connectivity index (χ4n) is 0. The van der Waals surface area contributed by atoms with E-state index in [0.29, 0.717) is 0 Å². The highest BCUT2D eigenvalue weighted by Gasteiger charge is 1.95. The van der Waals surface area contributed by atoms with E-state index in [9.17, 15) is 0 Å². The Bertz CT molecular complexity index is 27.6. The van der Waals surface area contributed by atoms with Crippen LogP contribution in [0.5, 0.6) is 0 Å². The lowest BCUT2D eigenvalue weighted by Crippen LogP contribution is -2.25. The standard InChI is InChI=1S/C3H6.C2H8N2/c1-2-3-1;1-2(3)4/h1-3H2;2H,3-4H2,1H3. The van der Waals surface area contributed by atoms with E-state index in [1.165, 1.54) is 19.3 Å². The van der Waals surface area contributed by atoms with Crippen molar-refractivity contribution in [2.75, 3.05) is 0 Å². The zero-order valence-electron chi connectivity index (χ0n) is 4.85. The maximum atomic E-state index is 4.89. The van der Waals surface area contributed by atoms with Gasteiger partial charge in [-0.3, -0.25) is 0 Å². The van der Waals surface area contributed by atoms with Crippen molar-refractivity contribution in [3.8, 4) is 0 Å². The second-order valence-corrected chi connectivity index (χ2v) is 1.92. The Hall–Kier alpha value is -0.0800. The minimum absolute atomic E-state index is 0.167. The van der Waals surface area contributed by atoms with Crippen LogP contribution in [0.1, 0.15) is 26.2 Å². The molecule has 0 aliphatic heterocycles. The molecule has 0 radical (unpaired) electrons. The van der Waals surface area contributed by atoms with Crippen LogP contribution in [-0.4, -0.2) is 6.17 Å². The van der Waals surface area contributed by atoms with Gasteiger partial charge in [0.1, 0.15) is 0 Å². The van der Waals surface area contributed by atoms with Gasteiger partial charge in [-0.05, 0) is 6.92 Å². The third kappa shape index (κ3) is 107. The Morgan fingerprint density at radius 2 is 1.29 bits per heavy atom. The van der Waals surface area contributed by atoms with Crippen molar-refractivity contribution in [2.45, 2.75) is 32.4 Å². The molecule has 0 atom stereocenters. The zero-order chi connectivity index (χ0) is 5.70. The van der Waals surface area contributed by atoms with Crippen molar-refractivity contribution in [3.63, 3.8) is 0 Å². The van der Waals surface area contributed by atoms with E-state index >= 15 is 0 Å². The van der Waals surface area contributed by atoms with Crippen LogP contribution in [0.2, 0.25) is 0 Å². The van der Waals surface area contributed by atoms with Crippen LogP contribution >= 0.6 is 0 Å². The van der Waals surface area contributed by atoms with E-state index in [1.807, 2.05) is 0 Å². The van der Waals surface area contributed by atoms with Gasteiger partial charge in [0.15, 0.2) is 0 Å². The predicted octanol–water partition coefficient (Wildman–Crippen LogP) is 0.420. The summed E-state index contributed by atoms with van der Waals surface area (Å²) in [6, 6.07) is 0. The third-order valence-electron chi connectivity index (χ3n) is 0.354. The molecular weight excluding hydrogens is 88.1 g/mol. The lowest BCUT2D eigenvalue weighted by molar-refractivity contribution is 0.790. The van der Waals surface area contributed by atoms with E-state index in [-0.39, 0.29) is 6.17 Å². The Balaban J connectivity index is 0.000000105. The van der Waals surface area contributed by atoms with Gasteiger partial charge in [0.2, 0.25) is 0 Å². The molecule has 0 bridgehead atoms. The molecule has 0 unspecified atom stereocenters. The van der Waals surface area contributed by atoms with Crippen LogP contribution in [0.25, 0.3) is 0 Å². The van der Waals surface area contributed by atoms with E-state index in [0.717, 1.165) is 0 Å². The number of hydrogen-bond donors (Lipinski definition) is 2. The fourth-order valence-corrected chi connectivity index (χ4v) is 0. The van der Waals surface area contributed by atoms with Gasteiger partial charge < -0.3 is 11.5 Å². The first-order valence-electron chi connectivity index (χ1n) is 2.74. The van der Waals surface area contributed by atoms with Crippen molar-refractivity contribution >= 4 is 0 Å². The van der Waals surface area contributed by atoms with Crippen molar-refractivity contribution in [1.29, 1.82) is 0 Å². The molecule has 1 fully saturated rings. The minimum atomic E-state index is -0.167. The van der Waals surface area contributed by atoms with Crippen LogP contribution in [0.15, 0.2) is 0 Å². The van der Waals surface area contributed by atoms with Crippen LogP contribution < -0.4 is 11.5 Å². The minimum Gasteiger partial charge on any atom is -0.316 e. The summed E-state index contributed by atoms with van der Waals surface area (Å²) < 4.78 is 0. The molecule has 2 heteroatoms. The molecule has 1 rings (SSSR count). The molecule has 0 aromatic heterocycles. The van der Waals surface area contributed by atoms with E-state index in [1.54, 1.807) is 6.92 Å². The number of hydrogen-bond acceptors (Lipinski definition) is 2. The van der Waals surface area contributed by atoms with Crippen LogP contribution in [0, 0.1) is 0 Å². The highest BCUT2D eigenvalue weighted by Crippen LogP contribution is 2.14. The lowest BCUT2D eigenvalue weighted by atomic mass is 10.7. The molecule has 1 aliphatic carbocycles. The van der Waals surface area contributed by atoms with Gasteiger partial charge in [0, 0.05) is 6.17 Å². The van der Waals surface area contributed by atoms with Crippen LogP contribution in [0.4, 0.5) is 0 Å². The summed E-state index contributed by atoms with van der Waals surface area (Å²) in [5.41, 5.74) is 9.78. The molecule has 0 amide bonds. The van der Waals surface area contributed by atoms with Crippen molar-refractivity contribution in [1.82, 2.24) is 0 Å². The summed E-state index contributed by atoms with van der Waals surface area (Å²) in [6.45, 7) is 1.72. The van der Waals surface area contributed by atoms with E-state index in [2.05, 4.69) is 0 Å². The quantitative estimate of drug-likeness (QED) is 0.435. The number of rotatable bonds is 0. The molecule has 0 heterocycles. The van der Waals surface area contributed by atoms with Gasteiger partial charge in [0.25, 0.3) is 0 Å². The summed E-state index contributed by atoms with van der Waals surface area (Å²) in [7, 11) is 0. The molecule has 1 aliphatic rings. The maximum absolute atomic E-state index is 4.89. The average molecular weight is 102 g/mol. The maximum Gasteiger partial charge on any atom is 0.0491 e. The van der Waals surface area contributed by atoms with Crippen molar-refractivity contribution < 1.29 is 0 Å². The average Bonchev–Trinajstić information content (AvgIpc) is 2.02. The second kappa shape index (κ2) is 4.09. The number of nitrogens with two attached hydrogens (primary N) is 2. The predicted molar refractivity (Wildman–Crippen MR) is 31.7 cm³/mol. The molecule has 7 heavy (non-hydrogen) atoms. The first-order chi connectivity index (χ1) is 3.23. The van der Waals surface area contributed by atoms with Crippen molar-refractivity contribution in [3.05, 3.63) is 0 Å². The SMILES string of the molecule is C1CC1.CC(N)N. The highest BCUT2D eigenvalue weighted by molar-refractivity contribution is 4.50. The van der Waals surface area contributed by atoms with Crippen LogP contribution in [0.3, 0.4) is 0 Å². The molecule has 0 spiro atoms. The summed E-state index contributed by atoms with van der Waals surface area (Å²) in [4.78, 5) is 0. The van der Waals surface area contributed by atoms with Gasteiger partial charge in [0.05, 0.1) is 0 Å². The Kier molecular flexibility index (Phi) is 4.04. The first-order valence-corrected chi connectivity index (χ1v) is 2.74. The summed E-state index contributed by atoms with van der Waals surface area (Å²) in [5.74, 6) is 0. The molecule has 0 saturated heterocycles. The van der Waals surface area contributed by atoms with Gasteiger partial charge in [-0.25, -0.2) is 0 Å². The Labute approximate surface area is 44.9 Å². The smallest absolute Gasteiger partial charge is 0.0491 e. The summed E-state index contributed by atoms with van der Waals surface area (Å²) in [6.07, 6.45) is 4.33. The zero-order valence-corrected chi connectivity index (χ0v) is 4.85. The summed E-state index contributed by atoms with van der Waals surface area (Å²) >= 11 is 0.